The average molecular weight is 500 g/mol. The molecular formula is H17B3GdMg3O12Si. The molecule has 0 aliphatic heterocycles. The van der Waals surface area contributed by atoms with E-state index in [9.17, 15) is 0 Å². The minimum absolute atomic E-state index is 0. The molecule has 0 heterocycles. The molecule has 0 aromatic rings. The van der Waals surface area contributed by atoms with Gasteiger partial charge in [-0.15, -0.1) is 0 Å². The van der Waals surface area contributed by atoms with Crippen LogP contribution in [0.4, 0.5) is 0 Å². The van der Waals surface area contributed by atoms with Gasteiger partial charge in [-0.25, -0.2) is 0 Å². The van der Waals surface area contributed by atoms with Crippen molar-refractivity contribution in [1.29, 1.82) is 0 Å². The van der Waals surface area contributed by atoms with Crippen LogP contribution in [0.2, 0.25) is 0 Å². The summed E-state index contributed by atoms with van der Waals surface area (Å²) < 4.78 is 8.74. The Morgan fingerprint density at radius 2 is 0.600 bits per heavy atom. The molecule has 0 aliphatic carbocycles. The molecule has 0 spiro atoms. The largest absolute Gasteiger partial charge is 2.00 e. The first kappa shape index (κ1) is 49.5. The Hall–Kier alpha value is 3.08. The summed E-state index contributed by atoms with van der Waals surface area (Å²) in [6.07, 6.45) is 0. The normalized spacial score (nSPS) is 5.25. The van der Waals surface area contributed by atoms with E-state index in [0.29, 0.717) is 0 Å². The van der Waals surface area contributed by atoms with Crippen molar-refractivity contribution in [1.82, 2.24) is 0 Å². The van der Waals surface area contributed by atoms with Gasteiger partial charge in [0.1, 0.15) is 0 Å². The van der Waals surface area contributed by atoms with E-state index in [2.05, 4.69) is 0 Å². The van der Waals surface area contributed by atoms with Gasteiger partial charge in [-0.1, -0.05) is 0 Å². The Morgan fingerprint density at radius 3 is 0.600 bits per heavy atom. The summed E-state index contributed by atoms with van der Waals surface area (Å²) in [7, 11) is -9.63. The molecule has 12 nitrogen and oxygen atoms in total. The minimum atomic E-state index is -3.13. The Morgan fingerprint density at radius 1 is 0.600 bits per heavy atom. The van der Waals surface area contributed by atoms with Crippen LogP contribution in [-0.4, -0.2) is 155 Å². The maximum Gasteiger partial charge on any atom is 2.00 e. The van der Waals surface area contributed by atoms with Gasteiger partial charge in [-0.3, -0.25) is 4.46 Å². The zero-order valence-electron chi connectivity index (χ0n) is 16.0. The van der Waals surface area contributed by atoms with Crippen LogP contribution in [0.15, 0.2) is 0 Å². The third kappa shape index (κ3) is 898. The van der Waals surface area contributed by atoms with Gasteiger partial charge >= 0.3 is 100 Å². The van der Waals surface area contributed by atoms with Crippen molar-refractivity contribution in [3.63, 3.8) is 0 Å². The molecule has 0 amide bonds. The van der Waals surface area contributed by atoms with E-state index >= 15 is 0 Å². The molecule has 0 aromatic heterocycles. The molecule has 0 saturated heterocycles. The van der Waals surface area contributed by atoms with E-state index in [0.717, 1.165) is 0 Å². The van der Waals surface area contributed by atoms with Crippen LogP contribution in [0.3, 0.4) is 0 Å². The summed E-state index contributed by atoms with van der Waals surface area (Å²) >= 11 is 0. The van der Waals surface area contributed by atoms with Crippen molar-refractivity contribution in [2.45, 2.75) is 0 Å². The van der Waals surface area contributed by atoms with Crippen LogP contribution in [0.5, 0.6) is 0 Å². The van der Waals surface area contributed by atoms with Crippen molar-refractivity contribution in [3.05, 3.63) is 0 Å². The van der Waals surface area contributed by atoms with Gasteiger partial charge in [0.2, 0.25) is 0 Å². The molecule has 0 bridgehead atoms. The summed E-state index contributed by atoms with van der Waals surface area (Å²) in [5.41, 5.74) is 0. The Labute approximate surface area is 205 Å². The van der Waals surface area contributed by atoms with Gasteiger partial charge in [0.15, 0.2) is 0 Å². The first-order valence-electron chi connectivity index (χ1n) is 2.98. The van der Waals surface area contributed by atoms with Crippen LogP contribution in [0.1, 0.15) is 8.56 Å². The molecule has 0 aromatic carbocycles. The van der Waals surface area contributed by atoms with E-state index in [-0.39, 0.29) is 118 Å². The Balaban J connectivity index is -0.00000000545. The standard InChI is InChI=1S/3BH3O3.Gd.3Mg.H2O3Si.6H/c3*2-1(3)4;;;;;1-4(2)3;;;;;;/h3*2-4H;;;;;1-2H;;;;;;/q;;;;3*+2;;6*-1. The first-order chi connectivity index (χ1) is 6.93. The third-order valence-electron chi connectivity index (χ3n) is 0. The molecule has 20 heavy (non-hydrogen) atoms. The van der Waals surface area contributed by atoms with Gasteiger partial charge in [0.05, 0.1) is 0 Å². The van der Waals surface area contributed by atoms with Crippen LogP contribution in [0, 0.1) is 39.9 Å². The summed E-state index contributed by atoms with van der Waals surface area (Å²) in [5, 5.41) is 64.5. The fourth-order valence-electron chi connectivity index (χ4n) is 0. The number of rotatable bonds is 0. The molecule has 0 aliphatic rings. The Kier molecular flexibility index (Phi) is 107. The molecule has 0 rings (SSSR count). The molecule has 20 heteroatoms. The molecule has 0 unspecified atom stereocenters. The molecule has 116 valence electrons. The van der Waals surface area contributed by atoms with Crippen molar-refractivity contribution in [2.75, 3.05) is 0 Å². The molecule has 0 atom stereocenters. The van der Waals surface area contributed by atoms with Crippen molar-refractivity contribution in [2.24, 2.45) is 0 Å². The summed E-state index contributed by atoms with van der Waals surface area (Å²) in [6.45, 7) is 0. The summed E-state index contributed by atoms with van der Waals surface area (Å²) in [6, 6.07) is 0. The van der Waals surface area contributed by atoms with Crippen molar-refractivity contribution < 1.29 is 108 Å². The van der Waals surface area contributed by atoms with Crippen LogP contribution in [0.25, 0.3) is 0 Å². The quantitative estimate of drug-likeness (QED) is 0.139. The summed E-state index contributed by atoms with van der Waals surface area (Å²) in [5.74, 6) is 0. The van der Waals surface area contributed by atoms with E-state index in [1.807, 2.05) is 0 Å². The predicted octanol–water partition coefficient (Wildman–Crippen LogP) is -8.24. The summed E-state index contributed by atoms with van der Waals surface area (Å²) in [4.78, 5) is 14.3. The van der Waals surface area contributed by atoms with Crippen molar-refractivity contribution >= 4 is 100 Å². The fraction of sp³-hybridized carbons (Fsp3) is 0. The van der Waals surface area contributed by atoms with E-state index in [1.165, 1.54) is 0 Å². The van der Waals surface area contributed by atoms with Gasteiger partial charge in [0.25, 0.3) is 0 Å². The van der Waals surface area contributed by atoms with Gasteiger partial charge < -0.3 is 63.4 Å². The number of hydrogen-bond donors (Lipinski definition) is 11. The minimum Gasteiger partial charge on any atom is -1.00 e. The second kappa shape index (κ2) is 43.1. The maximum atomic E-state index is 8.74. The molecule has 0 saturated carbocycles. The van der Waals surface area contributed by atoms with Gasteiger partial charge in [0, 0.05) is 39.9 Å². The molecule has 0 radical (unpaired) electrons. The topological polar surface area (TPSA) is 240 Å². The van der Waals surface area contributed by atoms with E-state index in [1.54, 1.807) is 0 Å². The molecule has 0 fully saturated rings. The molecular weight excluding hydrogens is 483 g/mol. The Bertz CT molecular complexity index is 135. The number of hydrogen-bond acceptors (Lipinski definition) is 10. The van der Waals surface area contributed by atoms with Crippen LogP contribution >= 0.6 is 0 Å². The van der Waals surface area contributed by atoms with E-state index in [4.69, 9.17) is 59.3 Å². The zero-order chi connectivity index (χ0) is 14.3. The van der Waals surface area contributed by atoms with Gasteiger partial charge in [-0.2, -0.15) is 0 Å². The van der Waals surface area contributed by atoms with E-state index < -0.39 is 31.1 Å². The van der Waals surface area contributed by atoms with Crippen molar-refractivity contribution in [3.8, 4) is 0 Å². The van der Waals surface area contributed by atoms with Crippen LogP contribution < -0.4 is 0 Å². The SMILES string of the molecule is O=[Si](O)O.OB(O)O.OB(O)O.OB(O)O.[Gd].[H-].[H-].[H-].[H-].[H-].[H-].[Mg+2].[Mg+2].[Mg+2]. The monoisotopic (exact) mass is 500 g/mol. The predicted molar refractivity (Wildman–Crippen MR) is 72.0 cm³/mol. The smallest absolute Gasteiger partial charge is 1.00 e. The average Bonchev–Trinajstić information content (AvgIpc) is 1.76. The fourth-order valence-corrected chi connectivity index (χ4v) is 0. The maximum absolute atomic E-state index is 8.74. The molecule has 11 N–H and O–H groups in total. The zero-order valence-corrected chi connectivity index (χ0v) is 17.5. The van der Waals surface area contributed by atoms with Gasteiger partial charge in [-0.05, 0) is 0 Å². The second-order valence-corrected chi connectivity index (χ2v) is 1.89. The third-order valence-corrected chi connectivity index (χ3v) is 0. The second-order valence-electron chi connectivity index (χ2n) is 1.32. The first-order valence-corrected chi connectivity index (χ1v) is 4.28. The van der Waals surface area contributed by atoms with Crippen LogP contribution in [-0.2, 0) is 4.46 Å².